The molecule has 1 N–H and O–H groups in total. The molecule has 6 heteroatoms. The Balaban J connectivity index is 1.84. The fraction of sp³-hybridized carbons (Fsp3) is 0.750. The van der Waals surface area contributed by atoms with Crippen molar-refractivity contribution in [3.63, 3.8) is 0 Å². The SMILES string of the molecule is CC[C@H]1C[C@@H](Nc2nc(C)nc(Cl)c2C)[C@@H]2OC(C)(C)O[C@H]12. The molecule has 3 rings (SSSR count). The van der Waals surface area contributed by atoms with Crippen molar-refractivity contribution in [3.8, 4) is 0 Å². The molecule has 5 nitrogen and oxygen atoms in total. The van der Waals surface area contributed by atoms with Crippen molar-refractivity contribution < 1.29 is 9.47 Å². The molecule has 0 aromatic carbocycles. The van der Waals surface area contributed by atoms with Crippen molar-refractivity contribution >= 4 is 17.4 Å². The molecule has 0 spiro atoms. The van der Waals surface area contributed by atoms with E-state index in [4.69, 9.17) is 21.1 Å². The zero-order valence-electron chi connectivity index (χ0n) is 13.8. The van der Waals surface area contributed by atoms with Crippen molar-refractivity contribution in [2.45, 2.75) is 71.5 Å². The van der Waals surface area contributed by atoms with E-state index in [2.05, 4.69) is 22.2 Å². The molecule has 0 bridgehead atoms. The number of nitrogens with one attached hydrogen (secondary N) is 1. The molecule has 4 atom stereocenters. The van der Waals surface area contributed by atoms with E-state index in [0.717, 1.165) is 24.2 Å². The smallest absolute Gasteiger partial charge is 0.163 e. The Kier molecular flexibility index (Phi) is 4.08. The Morgan fingerprint density at radius 1 is 1.23 bits per heavy atom. The van der Waals surface area contributed by atoms with Gasteiger partial charge in [-0.3, -0.25) is 0 Å². The average molecular weight is 326 g/mol. The Labute approximate surface area is 136 Å². The zero-order chi connectivity index (χ0) is 16.1. The zero-order valence-corrected chi connectivity index (χ0v) is 14.6. The average Bonchev–Trinajstić information content (AvgIpc) is 2.89. The van der Waals surface area contributed by atoms with E-state index in [0.29, 0.717) is 16.9 Å². The van der Waals surface area contributed by atoms with Crippen LogP contribution in [0.2, 0.25) is 5.15 Å². The fourth-order valence-electron chi connectivity index (χ4n) is 3.54. The van der Waals surface area contributed by atoms with Crippen LogP contribution in [0.4, 0.5) is 5.82 Å². The molecular formula is C16H24ClN3O2. The molecule has 0 unspecified atom stereocenters. The third-order valence-electron chi connectivity index (χ3n) is 4.63. The topological polar surface area (TPSA) is 56.3 Å². The van der Waals surface area contributed by atoms with Gasteiger partial charge in [0.1, 0.15) is 22.9 Å². The number of nitrogens with zero attached hydrogens (tertiary/aromatic N) is 2. The summed E-state index contributed by atoms with van der Waals surface area (Å²) in [6, 6.07) is 0.181. The third kappa shape index (κ3) is 2.82. The van der Waals surface area contributed by atoms with E-state index >= 15 is 0 Å². The molecule has 1 aromatic rings. The lowest BCUT2D eigenvalue weighted by atomic mass is 10.0. The van der Waals surface area contributed by atoms with Crippen LogP contribution in [-0.2, 0) is 9.47 Å². The number of hydrogen-bond donors (Lipinski definition) is 1. The number of fused-ring (bicyclic) bond motifs is 1. The molecule has 1 saturated carbocycles. The second-order valence-corrected chi connectivity index (χ2v) is 7.11. The van der Waals surface area contributed by atoms with E-state index < -0.39 is 5.79 Å². The summed E-state index contributed by atoms with van der Waals surface area (Å²) < 4.78 is 12.2. The van der Waals surface area contributed by atoms with Crippen molar-refractivity contribution in [2.24, 2.45) is 5.92 Å². The summed E-state index contributed by atoms with van der Waals surface area (Å²) in [4.78, 5) is 8.68. The van der Waals surface area contributed by atoms with Crippen molar-refractivity contribution in [2.75, 3.05) is 5.32 Å². The Hall–Kier alpha value is -0.910. The molecule has 1 aliphatic carbocycles. The molecular weight excluding hydrogens is 302 g/mol. The summed E-state index contributed by atoms with van der Waals surface area (Å²) in [6.07, 6.45) is 2.30. The summed E-state index contributed by atoms with van der Waals surface area (Å²) in [6.45, 7) is 9.94. The first-order valence-electron chi connectivity index (χ1n) is 7.93. The van der Waals surface area contributed by atoms with Gasteiger partial charge < -0.3 is 14.8 Å². The van der Waals surface area contributed by atoms with Gasteiger partial charge in [0.15, 0.2) is 5.79 Å². The molecule has 2 heterocycles. The lowest BCUT2D eigenvalue weighted by Gasteiger charge is -2.24. The maximum Gasteiger partial charge on any atom is 0.163 e. The summed E-state index contributed by atoms with van der Waals surface area (Å²) in [5, 5.41) is 4.02. The number of ether oxygens (including phenoxy) is 2. The number of rotatable bonds is 3. The van der Waals surface area contributed by atoms with E-state index in [-0.39, 0.29) is 18.2 Å². The van der Waals surface area contributed by atoms with Gasteiger partial charge in [-0.25, -0.2) is 9.97 Å². The van der Waals surface area contributed by atoms with Crippen LogP contribution in [0, 0.1) is 19.8 Å². The maximum absolute atomic E-state index is 6.17. The minimum absolute atomic E-state index is 0.0494. The van der Waals surface area contributed by atoms with Crippen LogP contribution < -0.4 is 5.32 Å². The molecule has 2 fully saturated rings. The standard InChI is InChI=1S/C16H24ClN3O2/c1-6-10-7-11(13-12(10)21-16(4,5)22-13)20-15-8(2)14(17)18-9(3)19-15/h10-13H,6-7H2,1-5H3,(H,18,19,20)/t10-,11+,12+,13-/m0/s1. The van der Waals surface area contributed by atoms with Crippen LogP contribution in [0.5, 0.6) is 0 Å². The predicted octanol–water partition coefficient (Wildman–Crippen LogP) is 3.48. The second kappa shape index (κ2) is 5.62. The monoisotopic (exact) mass is 325 g/mol. The van der Waals surface area contributed by atoms with Gasteiger partial charge in [-0.1, -0.05) is 24.9 Å². The first-order valence-corrected chi connectivity index (χ1v) is 8.31. The van der Waals surface area contributed by atoms with Crippen LogP contribution in [0.3, 0.4) is 0 Å². The van der Waals surface area contributed by atoms with Gasteiger partial charge in [0.2, 0.25) is 0 Å². The van der Waals surface area contributed by atoms with E-state index in [1.807, 2.05) is 27.7 Å². The normalized spacial score (nSPS) is 33.0. The number of aryl methyl sites for hydroxylation is 1. The Bertz CT molecular complexity index is 579. The lowest BCUT2D eigenvalue weighted by molar-refractivity contribution is -0.157. The number of anilines is 1. The summed E-state index contributed by atoms with van der Waals surface area (Å²) in [5.41, 5.74) is 0.877. The van der Waals surface area contributed by atoms with E-state index in [1.54, 1.807) is 0 Å². The molecule has 0 radical (unpaired) electrons. The van der Waals surface area contributed by atoms with Gasteiger partial charge >= 0.3 is 0 Å². The number of hydrogen-bond acceptors (Lipinski definition) is 5. The maximum atomic E-state index is 6.17. The van der Waals surface area contributed by atoms with Crippen molar-refractivity contribution in [1.82, 2.24) is 9.97 Å². The van der Waals surface area contributed by atoms with Gasteiger partial charge in [0.25, 0.3) is 0 Å². The highest BCUT2D eigenvalue weighted by Gasteiger charge is 2.53. The van der Waals surface area contributed by atoms with Gasteiger partial charge in [-0.2, -0.15) is 0 Å². The Morgan fingerprint density at radius 2 is 1.91 bits per heavy atom. The van der Waals surface area contributed by atoms with E-state index in [9.17, 15) is 0 Å². The molecule has 22 heavy (non-hydrogen) atoms. The number of halogens is 1. The fourth-order valence-corrected chi connectivity index (χ4v) is 3.75. The van der Waals surface area contributed by atoms with Gasteiger partial charge in [0, 0.05) is 5.56 Å². The first-order chi connectivity index (χ1) is 10.3. The summed E-state index contributed by atoms with van der Waals surface area (Å²) in [7, 11) is 0. The first kappa shape index (κ1) is 16.0. The number of aromatic nitrogens is 2. The van der Waals surface area contributed by atoms with Gasteiger partial charge in [-0.05, 0) is 40.0 Å². The van der Waals surface area contributed by atoms with Crippen LogP contribution >= 0.6 is 11.6 Å². The summed E-state index contributed by atoms with van der Waals surface area (Å²) in [5.74, 6) is 1.45. The highest BCUT2D eigenvalue weighted by atomic mass is 35.5. The second-order valence-electron chi connectivity index (χ2n) is 6.75. The minimum atomic E-state index is -0.516. The molecule has 1 saturated heterocycles. The van der Waals surface area contributed by atoms with Crippen molar-refractivity contribution in [3.05, 3.63) is 16.5 Å². The van der Waals surface area contributed by atoms with Crippen LogP contribution in [0.15, 0.2) is 0 Å². The van der Waals surface area contributed by atoms with Gasteiger partial charge in [-0.15, -0.1) is 0 Å². The molecule has 1 aromatic heterocycles. The molecule has 0 amide bonds. The summed E-state index contributed by atoms with van der Waals surface area (Å²) >= 11 is 6.17. The largest absolute Gasteiger partial charge is 0.364 e. The minimum Gasteiger partial charge on any atom is -0.364 e. The van der Waals surface area contributed by atoms with Crippen LogP contribution in [0.25, 0.3) is 0 Å². The van der Waals surface area contributed by atoms with Gasteiger partial charge in [0.05, 0.1) is 12.1 Å². The lowest BCUT2D eigenvalue weighted by Crippen LogP contribution is -2.35. The highest BCUT2D eigenvalue weighted by molar-refractivity contribution is 6.30. The van der Waals surface area contributed by atoms with Crippen LogP contribution in [0.1, 0.15) is 45.0 Å². The predicted molar refractivity (Wildman–Crippen MR) is 86.1 cm³/mol. The van der Waals surface area contributed by atoms with Crippen LogP contribution in [-0.4, -0.2) is 34.0 Å². The third-order valence-corrected chi connectivity index (χ3v) is 4.99. The molecule has 1 aliphatic heterocycles. The van der Waals surface area contributed by atoms with E-state index in [1.165, 1.54) is 0 Å². The highest BCUT2D eigenvalue weighted by Crippen LogP contribution is 2.43. The molecule has 2 aliphatic rings. The molecule has 122 valence electrons. The van der Waals surface area contributed by atoms with Crippen molar-refractivity contribution in [1.29, 1.82) is 0 Å². The quantitative estimate of drug-likeness (QED) is 0.862. The Morgan fingerprint density at radius 3 is 2.59 bits per heavy atom.